The zero-order chi connectivity index (χ0) is 14.5. The van der Waals surface area contributed by atoms with Crippen molar-refractivity contribution in [2.24, 2.45) is 0 Å². The molecule has 1 heterocycles. The van der Waals surface area contributed by atoms with Gasteiger partial charge in [0.05, 0.1) is 6.20 Å². The van der Waals surface area contributed by atoms with Gasteiger partial charge in [-0.3, -0.25) is 0 Å². The van der Waals surface area contributed by atoms with E-state index in [0.717, 1.165) is 6.54 Å². The predicted octanol–water partition coefficient (Wildman–Crippen LogP) is 4.66. The molecule has 1 atom stereocenters. The van der Waals surface area contributed by atoms with E-state index in [4.69, 9.17) is 0 Å². The second-order valence-electron chi connectivity index (χ2n) is 5.59. The van der Waals surface area contributed by atoms with Crippen LogP contribution in [0.3, 0.4) is 0 Å². The Morgan fingerprint density at radius 2 is 1.70 bits per heavy atom. The molecule has 3 heteroatoms. The van der Waals surface area contributed by atoms with Gasteiger partial charge in [-0.15, -0.1) is 0 Å². The van der Waals surface area contributed by atoms with Crippen molar-refractivity contribution in [2.45, 2.75) is 77.7 Å². The van der Waals surface area contributed by atoms with E-state index in [0.29, 0.717) is 6.04 Å². The van der Waals surface area contributed by atoms with E-state index in [9.17, 15) is 0 Å². The maximum Gasteiger partial charge on any atom is 0.0544 e. The van der Waals surface area contributed by atoms with E-state index in [1.54, 1.807) is 6.20 Å². The Morgan fingerprint density at radius 3 is 2.35 bits per heavy atom. The van der Waals surface area contributed by atoms with Crippen LogP contribution in [0.4, 0.5) is 0 Å². The number of nitrogens with one attached hydrogen (secondary N) is 1. The molecule has 1 aromatic rings. The highest BCUT2D eigenvalue weighted by molar-refractivity contribution is 5.11. The van der Waals surface area contributed by atoms with Crippen LogP contribution in [0.5, 0.6) is 0 Å². The minimum atomic E-state index is 0.445. The Bertz CT molecular complexity index is 313. The van der Waals surface area contributed by atoms with Gasteiger partial charge in [0.15, 0.2) is 0 Å². The quantitative estimate of drug-likeness (QED) is 0.565. The largest absolute Gasteiger partial charge is 0.310 e. The summed E-state index contributed by atoms with van der Waals surface area (Å²) in [7, 11) is 0. The van der Waals surface area contributed by atoms with Gasteiger partial charge in [0.2, 0.25) is 0 Å². The minimum absolute atomic E-state index is 0.445. The molecule has 0 saturated carbocycles. The van der Waals surface area contributed by atoms with E-state index in [2.05, 4.69) is 35.4 Å². The first-order valence-electron chi connectivity index (χ1n) is 8.38. The number of rotatable bonds is 12. The summed E-state index contributed by atoms with van der Waals surface area (Å²) in [6.45, 7) is 5.55. The lowest BCUT2D eigenvalue weighted by Gasteiger charge is -2.18. The lowest BCUT2D eigenvalue weighted by atomic mass is 10.0. The van der Waals surface area contributed by atoms with Crippen LogP contribution in [-0.4, -0.2) is 16.7 Å². The maximum atomic E-state index is 4.00. The molecule has 3 nitrogen and oxygen atoms in total. The molecular formula is C17H31N3. The number of hydrogen-bond acceptors (Lipinski definition) is 3. The number of hydrogen-bond donors (Lipinski definition) is 1. The van der Waals surface area contributed by atoms with Crippen LogP contribution in [0, 0.1) is 0 Å². The van der Waals surface area contributed by atoms with Crippen LogP contribution >= 0.6 is 0 Å². The van der Waals surface area contributed by atoms with Crippen LogP contribution in [0.1, 0.15) is 83.2 Å². The average molecular weight is 277 g/mol. The summed E-state index contributed by atoms with van der Waals surface area (Å²) >= 11 is 0. The molecule has 114 valence electrons. The molecule has 0 aliphatic carbocycles. The smallest absolute Gasteiger partial charge is 0.0544 e. The van der Waals surface area contributed by atoms with Crippen LogP contribution in [0.25, 0.3) is 0 Å². The van der Waals surface area contributed by atoms with Gasteiger partial charge in [0.1, 0.15) is 0 Å². The Labute approximate surface area is 124 Å². The SMILES string of the molecule is CCCCCCCCCC(NCCC)c1ccnnc1. The lowest BCUT2D eigenvalue weighted by molar-refractivity contribution is 0.464. The molecule has 0 fully saturated rings. The molecule has 20 heavy (non-hydrogen) atoms. The Balaban J connectivity index is 2.24. The van der Waals surface area contributed by atoms with Crippen molar-refractivity contribution in [3.63, 3.8) is 0 Å². The summed E-state index contributed by atoms with van der Waals surface area (Å²) in [5.41, 5.74) is 1.28. The summed E-state index contributed by atoms with van der Waals surface area (Å²) < 4.78 is 0. The standard InChI is InChI=1S/C17H31N3/c1-3-5-6-7-8-9-10-11-17(18-13-4-2)16-12-14-19-20-15-16/h12,14-15,17-18H,3-11,13H2,1-2H3. The molecule has 0 bridgehead atoms. The van der Waals surface area contributed by atoms with Gasteiger partial charge in [0, 0.05) is 12.2 Å². The first kappa shape index (κ1) is 17.1. The fourth-order valence-corrected chi connectivity index (χ4v) is 2.52. The van der Waals surface area contributed by atoms with E-state index in [1.807, 2.05) is 6.20 Å². The van der Waals surface area contributed by atoms with Crippen LogP contribution in [-0.2, 0) is 0 Å². The summed E-state index contributed by atoms with van der Waals surface area (Å²) in [6.07, 6.45) is 15.6. The highest BCUT2D eigenvalue weighted by Gasteiger charge is 2.10. The topological polar surface area (TPSA) is 37.8 Å². The van der Waals surface area contributed by atoms with E-state index in [-0.39, 0.29) is 0 Å². The van der Waals surface area contributed by atoms with Gasteiger partial charge < -0.3 is 5.32 Å². The molecular weight excluding hydrogens is 246 g/mol. The van der Waals surface area contributed by atoms with Crippen LogP contribution < -0.4 is 5.32 Å². The maximum absolute atomic E-state index is 4.00. The highest BCUT2D eigenvalue weighted by Crippen LogP contribution is 2.19. The summed E-state index contributed by atoms with van der Waals surface area (Å²) in [6, 6.07) is 2.53. The zero-order valence-electron chi connectivity index (χ0n) is 13.3. The lowest BCUT2D eigenvalue weighted by Crippen LogP contribution is -2.22. The molecule has 0 saturated heterocycles. The predicted molar refractivity (Wildman–Crippen MR) is 85.7 cm³/mol. The highest BCUT2D eigenvalue weighted by atomic mass is 15.1. The Morgan fingerprint density at radius 1 is 0.950 bits per heavy atom. The van der Waals surface area contributed by atoms with Crippen molar-refractivity contribution in [3.05, 3.63) is 24.0 Å². The third-order valence-electron chi connectivity index (χ3n) is 3.75. The fourth-order valence-electron chi connectivity index (χ4n) is 2.52. The van der Waals surface area contributed by atoms with Crippen molar-refractivity contribution in [3.8, 4) is 0 Å². The third kappa shape index (κ3) is 7.59. The Kier molecular flexibility index (Phi) is 10.1. The zero-order valence-corrected chi connectivity index (χ0v) is 13.3. The van der Waals surface area contributed by atoms with Gasteiger partial charge in [-0.05, 0) is 31.0 Å². The molecule has 0 spiro atoms. The normalized spacial score (nSPS) is 12.5. The van der Waals surface area contributed by atoms with Crippen molar-refractivity contribution in [1.29, 1.82) is 0 Å². The van der Waals surface area contributed by atoms with Gasteiger partial charge >= 0.3 is 0 Å². The fraction of sp³-hybridized carbons (Fsp3) is 0.765. The van der Waals surface area contributed by atoms with E-state index >= 15 is 0 Å². The second-order valence-corrected chi connectivity index (χ2v) is 5.59. The monoisotopic (exact) mass is 277 g/mol. The van der Waals surface area contributed by atoms with E-state index < -0.39 is 0 Å². The summed E-state index contributed by atoms with van der Waals surface area (Å²) in [5.74, 6) is 0. The van der Waals surface area contributed by atoms with Crippen molar-refractivity contribution in [2.75, 3.05) is 6.54 Å². The van der Waals surface area contributed by atoms with Crippen LogP contribution in [0.15, 0.2) is 18.5 Å². The Hall–Kier alpha value is -0.960. The number of aromatic nitrogens is 2. The minimum Gasteiger partial charge on any atom is -0.310 e. The number of nitrogens with zero attached hydrogens (tertiary/aromatic N) is 2. The molecule has 1 N–H and O–H groups in total. The summed E-state index contributed by atoms with van der Waals surface area (Å²) in [5, 5.41) is 11.5. The second kappa shape index (κ2) is 11.8. The van der Waals surface area contributed by atoms with Crippen molar-refractivity contribution < 1.29 is 0 Å². The van der Waals surface area contributed by atoms with Crippen molar-refractivity contribution in [1.82, 2.24) is 15.5 Å². The van der Waals surface area contributed by atoms with Gasteiger partial charge in [0.25, 0.3) is 0 Å². The first-order valence-corrected chi connectivity index (χ1v) is 8.38. The van der Waals surface area contributed by atoms with Gasteiger partial charge in [-0.2, -0.15) is 10.2 Å². The average Bonchev–Trinajstić information content (AvgIpc) is 2.50. The molecule has 0 aliphatic rings. The summed E-state index contributed by atoms with van der Waals surface area (Å²) in [4.78, 5) is 0. The number of unbranched alkanes of at least 4 members (excludes halogenated alkanes) is 6. The van der Waals surface area contributed by atoms with E-state index in [1.165, 1.54) is 63.4 Å². The van der Waals surface area contributed by atoms with Gasteiger partial charge in [-0.25, -0.2) is 0 Å². The molecule has 1 unspecified atom stereocenters. The van der Waals surface area contributed by atoms with Gasteiger partial charge in [-0.1, -0.05) is 58.8 Å². The molecule has 0 aromatic carbocycles. The molecule has 1 aromatic heterocycles. The third-order valence-corrected chi connectivity index (χ3v) is 3.75. The molecule has 1 rings (SSSR count). The first-order chi connectivity index (χ1) is 9.88. The van der Waals surface area contributed by atoms with Crippen molar-refractivity contribution >= 4 is 0 Å². The molecule has 0 aliphatic heterocycles. The molecule has 0 radical (unpaired) electrons. The van der Waals surface area contributed by atoms with Crippen LogP contribution in [0.2, 0.25) is 0 Å². The molecule has 0 amide bonds.